The molecule has 0 aromatic carbocycles. The lowest BCUT2D eigenvalue weighted by molar-refractivity contribution is -0.154. The van der Waals surface area contributed by atoms with Gasteiger partial charge in [0.15, 0.2) is 5.82 Å². The van der Waals surface area contributed by atoms with Crippen molar-refractivity contribution in [3.05, 3.63) is 18.1 Å². The van der Waals surface area contributed by atoms with Gasteiger partial charge in [0, 0.05) is 14.1 Å². The number of carbonyl (C=O) groups is 1. The highest BCUT2D eigenvalue weighted by Crippen LogP contribution is 2.40. The van der Waals surface area contributed by atoms with E-state index in [1.54, 1.807) is 32.8 Å². The molecule has 3 rings (SSSR count). The van der Waals surface area contributed by atoms with E-state index >= 15 is 0 Å². The Bertz CT molecular complexity index is 1050. The molecule has 0 bridgehead atoms. The number of rotatable bonds is 6. The molecule has 2 aromatic rings. The number of hydrogen-bond donors (Lipinski definition) is 2. The summed E-state index contributed by atoms with van der Waals surface area (Å²) in [5, 5.41) is 35.4. The second-order valence-corrected chi connectivity index (χ2v) is 7.76. The van der Waals surface area contributed by atoms with Gasteiger partial charge in [-0.15, -0.1) is 0 Å². The Hall–Kier alpha value is -3.01. The molecular weight excluding hydrogens is 403 g/mol. The highest BCUT2D eigenvalue weighted by atomic mass is 16.6. The predicted molar refractivity (Wildman–Crippen MR) is 110 cm³/mol. The van der Waals surface area contributed by atoms with E-state index in [-0.39, 0.29) is 29.5 Å². The number of nitriles is 1. The van der Waals surface area contributed by atoms with E-state index in [1.807, 2.05) is 6.07 Å². The third kappa shape index (κ3) is 3.99. The largest absolute Gasteiger partial charge is 0.463 e. The summed E-state index contributed by atoms with van der Waals surface area (Å²) in [6.45, 7) is 2.99. The summed E-state index contributed by atoms with van der Waals surface area (Å²) in [6, 6.07) is 3.35. The first-order chi connectivity index (χ1) is 14.6. The van der Waals surface area contributed by atoms with Gasteiger partial charge in [-0.3, -0.25) is 4.79 Å². The number of aromatic nitrogens is 3. The summed E-state index contributed by atoms with van der Waals surface area (Å²) in [5.74, 6) is -0.624. The predicted octanol–water partition coefficient (Wildman–Crippen LogP) is -1.22. The van der Waals surface area contributed by atoms with Gasteiger partial charge >= 0.3 is 5.97 Å². The number of aliphatic imine (C=N–C) groups is 1. The van der Waals surface area contributed by atoms with Crippen molar-refractivity contribution in [2.45, 2.75) is 37.8 Å². The quantitative estimate of drug-likeness (QED) is 0.251. The van der Waals surface area contributed by atoms with Crippen LogP contribution < -0.4 is 5.46 Å². The Morgan fingerprint density at radius 2 is 2.26 bits per heavy atom. The molecule has 2 aromatic heterocycles. The van der Waals surface area contributed by atoms with Crippen LogP contribution in [0.1, 0.15) is 19.5 Å². The number of carbonyl (C=O) groups excluding carboxylic acids is 1. The number of aliphatic hydroxyl groups excluding tert-OH is 2. The van der Waals surface area contributed by atoms with Crippen molar-refractivity contribution in [1.82, 2.24) is 19.5 Å². The van der Waals surface area contributed by atoms with Crippen molar-refractivity contribution in [1.29, 1.82) is 5.26 Å². The van der Waals surface area contributed by atoms with Crippen LogP contribution in [0.25, 0.3) is 5.52 Å². The number of ether oxygens (including phenoxy) is 2. The number of hydrogen-bond acceptors (Lipinski definition) is 9. The highest BCUT2D eigenvalue weighted by molar-refractivity contribution is 6.37. The molecule has 0 unspecified atom stereocenters. The number of aliphatic hydroxyl groups is 2. The van der Waals surface area contributed by atoms with Crippen molar-refractivity contribution >= 4 is 37.0 Å². The summed E-state index contributed by atoms with van der Waals surface area (Å²) in [7, 11) is 9.72. The summed E-state index contributed by atoms with van der Waals surface area (Å²) in [5.41, 5.74) is -1.40. The molecule has 4 atom stereocenters. The lowest BCUT2D eigenvalue weighted by atomic mass is 9.90. The Morgan fingerprint density at radius 1 is 1.55 bits per heavy atom. The number of nitrogens with zero attached hydrogens (tertiary/aromatic N) is 6. The molecule has 0 aliphatic carbocycles. The Labute approximate surface area is 180 Å². The van der Waals surface area contributed by atoms with Crippen molar-refractivity contribution in [2.75, 3.05) is 20.7 Å². The molecule has 2 N–H and O–H groups in total. The zero-order valence-corrected chi connectivity index (χ0v) is 17.6. The zero-order chi connectivity index (χ0) is 22.9. The van der Waals surface area contributed by atoms with E-state index in [0.717, 1.165) is 0 Å². The van der Waals surface area contributed by atoms with Crippen molar-refractivity contribution in [2.24, 2.45) is 10.9 Å². The second-order valence-electron chi connectivity index (χ2n) is 7.76. The van der Waals surface area contributed by atoms with Crippen LogP contribution in [0.3, 0.4) is 0 Å². The third-order valence-corrected chi connectivity index (χ3v) is 4.84. The minimum absolute atomic E-state index is 0.0930. The van der Waals surface area contributed by atoms with E-state index in [1.165, 1.54) is 23.2 Å². The van der Waals surface area contributed by atoms with E-state index in [4.69, 9.17) is 17.3 Å². The zero-order valence-electron chi connectivity index (χ0n) is 17.6. The van der Waals surface area contributed by atoms with Crippen molar-refractivity contribution < 1.29 is 24.5 Å². The monoisotopic (exact) mass is 426 g/mol. The summed E-state index contributed by atoms with van der Waals surface area (Å²) < 4.78 is 12.2. The summed E-state index contributed by atoms with van der Waals surface area (Å²) >= 11 is 0. The van der Waals surface area contributed by atoms with Crippen LogP contribution in [-0.4, -0.2) is 88.9 Å². The van der Waals surface area contributed by atoms with E-state index in [0.29, 0.717) is 5.52 Å². The maximum Gasteiger partial charge on any atom is 0.308 e. The van der Waals surface area contributed by atoms with Crippen LogP contribution in [0.15, 0.2) is 17.4 Å². The molecular formula is C19H23BN6O5. The minimum atomic E-state index is -2.01. The summed E-state index contributed by atoms with van der Waals surface area (Å²) in [4.78, 5) is 21.8. The van der Waals surface area contributed by atoms with Gasteiger partial charge in [-0.05, 0) is 6.07 Å². The molecule has 11 nitrogen and oxygen atoms in total. The van der Waals surface area contributed by atoms with Crippen LogP contribution in [0, 0.1) is 17.2 Å². The molecule has 31 heavy (non-hydrogen) atoms. The molecule has 12 heteroatoms. The van der Waals surface area contributed by atoms with Gasteiger partial charge < -0.3 is 24.6 Å². The first-order valence-electron chi connectivity index (χ1n) is 9.57. The molecule has 1 saturated heterocycles. The van der Waals surface area contributed by atoms with Crippen LogP contribution >= 0.6 is 0 Å². The first-order valence-corrected chi connectivity index (χ1v) is 9.57. The Kier molecular flexibility index (Phi) is 6.31. The van der Waals surface area contributed by atoms with E-state index in [9.17, 15) is 20.3 Å². The first kappa shape index (κ1) is 22.7. The van der Waals surface area contributed by atoms with Gasteiger partial charge in [0.2, 0.25) is 5.60 Å². The fourth-order valence-corrected chi connectivity index (χ4v) is 3.23. The van der Waals surface area contributed by atoms with Gasteiger partial charge in [0.1, 0.15) is 50.7 Å². The fourth-order valence-electron chi connectivity index (χ4n) is 3.23. The second kappa shape index (κ2) is 8.62. The third-order valence-electron chi connectivity index (χ3n) is 4.84. The molecule has 1 aliphatic rings. The molecule has 3 heterocycles. The lowest BCUT2D eigenvalue weighted by Gasteiger charge is -2.24. The van der Waals surface area contributed by atoms with Gasteiger partial charge in [0.05, 0.1) is 18.0 Å². The van der Waals surface area contributed by atoms with Crippen LogP contribution in [-0.2, 0) is 19.9 Å². The minimum Gasteiger partial charge on any atom is -0.463 e. The highest BCUT2D eigenvalue weighted by Gasteiger charge is 2.58. The lowest BCUT2D eigenvalue weighted by Crippen LogP contribution is -2.41. The maximum absolute atomic E-state index is 11.8. The molecule has 0 saturated carbocycles. The standard InChI is InChI=1S/C19H23BN6O5/c1-10(2)18(29)30-6-12-15(27)16(28)19(7-21,31-12)13-5-11(20)14-17(23-9-25(3)4)22-8-24-26(13)14/h5,8-10,12,15-16,27-28H,6H2,1-4H3/t12-,15-,16-,19+/m1/s1. The average Bonchev–Trinajstić information content (AvgIpc) is 3.20. The normalized spacial score (nSPS) is 25.9. The maximum atomic E-state index is 11.8. The van der Waals surface area contributed by atoms with Crippen LogP contribution in [0.5, 0.6) is 0 Å². The number of esters is 1. The molecule has 162 valence electrons. The Morgan fingerprint density at radius 3 is 2.87 bits per heavy atom. The summed E-state index contributed by atoms with van der Waals surface area (Å²) in [6.07, 6.45) is -1.51. The van der Waals surface area contributed by atoms with Crippen LogP contribution in [0.4, 0.5) is 5.82 Å². The SMILES string of the molecule is [B]c1cc([C@]2(C#N)O[C@H](COC(=O)C(C)C)[C@@H](O)[C@H]2O)n2ncnc(N=CN(C)C)c12. The molecule has 1 fully saturated rings. The van der Waals surface area contributed by atoms with Crippen molar-refractivity contribution in [3.63, 3.8) is 0 Å². The van der Waals surface area contributed by atoms with Gasteiger partial charge in [-0.25, -0.2) is 14.5 Å². The van der Waals surface area contributed by atoms with Crippen molar-refractivity contribution in [3.8, 4) is 6.07 Å². The van der Waals surface area contributed by atoms with Gasteiger partial charge in [-0.1, -0.05) is 19.3 Å². The average molecular weight is 426 g/mol. The van der Waals surface area contributed by atoms with Gasteiger partial charge in [-0.2, -0.15) is 10.4 Å². The van der Waals surface area contributed by atoms with E-state index < -0.39 is 29.9 Å². The number of fused-ring (bicyclic) bond motifs is 1. The molecule has 0 amide bonds. The fraction of sp³-hybridized carbons (Fsp3) is 0.526. The Balaban J connectivity index is 2.03. The molecule has 0 spiro atoms. The molecule has 2 radical (unpaired) electrons. The van der Waals surface area contributed by atoms with E-state index in [2.05, 4.69) is 15.1 Å². The van der Waals surface area contributed by atoms with Crippen LogP contribution in [0.2, 0.25) is 0 Å². The van der Waals surface area contributed by atoms with Gasteiger partial charge in [0.25, 0.3) is 0 Å². The smallest absolute Gasteiger partial charge is 0.308 e. The molecule has 1 aliphatic heterocycles. The topological polar surface area (TPSA) is 146 Å².